The lowest BCUT2D eigenvalue weighted by molar-refractivity contribution is -0.154. The number of urea groups is 1. The third-order valence-corrected chi connectivity index (χ3v) is 17.0. The summed E-state index contributed by atoms with van der Waals surface area (Å²) in [5, 5.41) is 2.74. The minimum atomic E-state index is -2.39. The molecular formula is C21H42N2O5Si2. The molecule has 1 N–H and O–H groups in total. The molecule has 3 atom stereocenters. The number of ether oxygens (including phenoxy) is 2. The van der Waals surface area contributed by atoms with Crippen molar-refractivity contribution in [2.75, 3.05) is 6.61 Å². The molecule has 0 bridgehead atoms. The molecule has 9 heteroatoms. The molecule has 0 spiro atoms. The lowest BCUT2D eigenvalue weighted by Gasteiger charge is -2.43. The first-order valence-electron chi connectivity index (χ1n) is 10.9. The molecule has 2 aliphatic rings. The Kier molecular flexibility index (Phi) is 6.54. The maximum atomic E-state index is 13.6. The minimum absolute atomic E-state index is 0.0506. The molecule has 0 aromatic carbocycles. The van der Waals surface area contributed by atoms with Gasteiger partial charge in [-0.25, -0.2) is 4.79 Å². The van der Waals surface area contributed by atoms with Crippen LogP contribution < -0.4 is 5.32 Å². The second kappa shape index (κ2) is 7.69. The highest BCUT2D eigenvalue weighted by atomic mass is 28.4. The summed E-state index contributed by atoms with van der Waals surface area (Å²) in [6.07, 6.45) is -1.03. The standard InChI is InChI=1S/C21H42N2O5Si2/c1-19(2,3)29(9,10)23-17(24)15(22-18(23)25)16(14-13-26-21(7,8)27-14)28-30(11,12)20(4,5)6/h14-16H,13H2,1-12H3,(H,22,25)/t14-,15-,16-/m1/s1. The monoisotopic (exact) mass is 458 g/mol. The first-order valence-corrected chi connectivity index (χ1v) is 16.7. The summed E-state index contributed by atoms with van der Waals surface area (Å²) in [5.41, 5.74) is 0. The number of rotatable bonds is 5. The molecule has 2 saturated heterocycles. The number of nitrogens with one attached hydrogen (secondary N) is 1. The fourth-order valence-corrected chi connectivity index (χ4v) is 6.59. The van der Waals surface area contributed by atoms with Gasteiger partial charge in [-0.05, 0) is 37.0 Å². The average molecular weight is 459 g/mol. The predicted molar refractivity (Wildman–Crippen MR) is 123 cm³/mol. The molecule has 2 aliphatic heterocycles. The smallest absolute Gasteiger partial charge is 0.316 e. The molecule has 2 fully saturated rings. The van der Waals surface area contributed by atoms with Crippen LogP contribution in [0.15, 0.2) is 0 Å². The van der Waals surface area contributed by atoms with E-state index in [9.17, 15) is 9.59 Å². The van der Waals surface area contributed by atoms with Gasteiger partial charge in [-0.15, -0.1) is 0 Å². The highest BCUT2D eigenvalue weighted by Gasteiger charge is 2.57. The molecule has 2 heterocycles. The normalized spacial score (nSPS) is 26.9. The maximum absolute atomic E-state index is 13.6. The van der Waals surface area contributed by atoms with Crippen molar-refractivity contribution in [2.45, 2.75) is 116 Å². The molecule has 174 valence electrons. The van der Waals surface area contributed by atoms with E-state index >= 15 is 0 Å². The topological polar surface area (TPSA) is 77.1 Å². The van der Waals surface area contributed by atoms with E-state index in [1.807, 2.05) is 13.8 Å². The van der Waals surface area contributed by atoms with Crippen molar-refractivity contribution in [3.63, 3.8) is 0 Å². The van der Waals surface area contributed by atoms with Crippen molar-refractivity contribution in [1.29, 1.82) is 0 Å². The van der Waals surface area contributed by atoms with Gasteiger partial charge in [0.05, 0.1) is 6.61 Å². The van der Waals surface area contributed by atoms with Gasteiger partial charge in [-0.1, -0.05) is 54.6 Å². The Morgan fingerprint density at radius 2 is 1.60 bits per heavy atom. The van der Waals surface area contributed by atoms with Crippen molar-refractivity contribution in [3.05, 3.63) is 0 Å². The average Bonchev–Trinajstić information content (AvgIpc) is 3.02. The Balaban J connectivity index is 2.42. The first kappa shape index (κ1) is 25.5. The van der Waals surface area contributed by atoms with Gasteiger partial charge in [0.1, 0.15) is 18.2 Å². The molecule has 2 rings (SSSR count). The van der Waals surface area contributed by atoms with Gasteiger partial charge in [0.2, 0.25) is 5.91 Å². The van der Waals surface area contributed by atoms with E-state index in [0.29, 0.717) is 6.61 Å². The van der Waals surface area contributed by atoms with E-state index in [2.05, 4.69) is 73.0 Å². The van der Waals surface area contributed by atoms with Crippen LogP contribution >= 0.6 is 0 Å². The lowest BCUT2D eigenvalue weighted by atomic mass is 10.1. The largest absolute Gasteiger partial charge is 0.409 e. The zero-order valence-electron chi connectivity index (χ0n) is 20.9. The summed E-state index contributed by atoms with van der Waals surface area (Å²) in [6, 6.07) is -1.10. The second-order valence-electron chi connectivity index (χ2n) is 12.1. The van der Waals surface area contributed by atoms with Crippen LogP contribution in [0.1, 0.15) is 55.4 Å². The van der Waals surface area contributed by atoms with E-state index < -0.39 is 40.6 Å². The number of imide groups is 1. The van der Waals surface area contributed by atoms with E-state index in [-0.39, 0.29) is 22.0 Å². The number of carbonyl (C=O) groups is 2. The zero-order valence-corrected chi connectivity index (χ0v) is 22.9. The van der Waals surface area contributed by atoms with Gasteiger partial charge in [0.15, 0.2) is 22.3 Å². The third kappa shape index (κ3) is 4.70. The summed E-state index contributed by atoms with van der Waals surface area (Å²) in [7, 11) is -4.65. The number of amides is 3. The first-order chi connectivity index (χ1) is 13.2. The molecular weight excluding hydrogens is 416 g/mol. The molecule has 0 saturated carbocycles. The van der Waals surface area contributed by atoms with Crippen molar-refractivity contribution < 1.29 is 23.5 Å². The molecule has 0 aliphatic carbocycles. The lowest BCUT2D eigenvalue weighted by Crippen LogP contribution is -2.59. The Bertz CT molecular complexity index is 694. The van der Waals surface area contributed by atoms with Gasteiger partial charge in [-0.3, -0.25) is 9.36 Å². The van der Waals surface area contributed by atoms with Crippen LogP contribution in [0.4, 0.5) is 4.79 Å². The van der Waals surface area contributed by atoms with E-state index in [1.165, 1.54) is 4.57 Å². The maximum Gasteiger partial charge on any atom is 0.316 e. The number of carbonyl (C=O) groups excluding carboxylic acids is 2. The Morgan fingerprint density at radius 3 is 2.00 bits per heavy atom. The van der Waals surface area contributed by atoms with Crippen molar-refractivity contribution in [2.24, 2.45) is 0 Å². The molecule has 0 aromatic heterocycles. The molecule has 0 unspecified atom stereocenters. The third-order valence-electron chi connectivity index (χ3n) is 7.33. The van der Waals surface area contributed by atoms with Gasteiger partial charge in [0.25, 0.3) is 0 Å². The Morgan fingerprint density at radius 1 is 1.07 bits per heavy atom. The van der Waals surface area contributed by atoms with Crippen LogP contribution in [0.25, 0.3) is 0 Å². The van der Waals surface area contributed by atoms with Gasteiger partial charge in [-0.2, -0.15) is 0 Å². The minimum Gasteiger partial charge on any atom is -0.409 e. The quantitative estimate of drug-likeness (QED) is 0.486. The zero-order chi connectivity index (χ0) is 23.5. The van der Waals surface area contributed by atoms with Crippen LogP contribution in [0.5, 0.6) is 0 Å². The van der Waals surface area contributed by atoms with Crippen LogP contribution in [0.2, 0.25) is 36.3 Å². The highest BCUT2D eigenvalue weighted by Crippen LogP contribution is 2.42. The molecule has 30 heavy (non-hydrogen) atoms. The van der Waals surface area contributed by atoms with Gasteiger partial charge < -0.3 is 19.2 Å². The van der Waals surface area contributed by atoms with Crippen LogP contribution in [0.3, 0.4) is 0 Å². The number of hydrogen-bond acceptors (Lipinski definition) is 5. The second-order valence-corrected chi connectivity index (χ2v) is 21.9. The summed E-state index contributed by atoms with van der Waals surface area (Å²) in [6.45, 7) is 25.2. The number of hydrogen-bond donors (Lipinski definition) is 1. The van der Waals surface area contributed by atoms with Crippen molar-refractivity contribution in [1.82, 2.24) is 9.88 Å². The van der Waals surface area contributed by atoms with E-state index in [1.54, 1.807) is 0 Å². The number of nitrogens with zero attached hydrogens (tertiary/aromatic N) is 1. The summed E-state index contributed by atoms with van der Waals surface area (Å²) < 4.78 is 20.1. The molecule has 7 nitrogen and oxygen atoms in total. The van der Waals surface area contributed by atoms with Crippen LogP contribution in [-0.4, -0.2) is 63.7 Å². The SMILES string of the molecule is CC1(C)OC[C@H]([C@@H](O[Si](C)(C)C(C)(C)C)[C@H]2NC(=O)N([Si](C)(C)C(C)(C)C)C2=O)O1. The van der Waals surface area contributed by atoms with Crippen molar-refractivity contribution >= 4 is 28.5 Å². The summed E-state index contributed by atoms with van der Waals surface area (Å²) >= 11 is 0. The highest BCUT2D eigenvalue weighted by molar-refractivity contribution is 6.82. The van der Waals surface area contributed by atoms with E-state index in [0.717, 1.165) is 0 Å². The molecule has 3 amide bonds. The molecule has 0 radical (unpaired) electrons. The van der Waals surface area contributed by atoms with Crippen LogP contribution in [0, 0.1) is 0 Å². The fourth-order valence-electron chi connectivity index (χ4n) is 3.34. The fraction of sp³-hybridized carbons (Fsp3) is 0.905. The Hall–Kier alpha value is -0.746. The van der Waals surface area contributed by atoms with Crippen LogP contribution in [-0.2, 0) is 18.7 Å². The Labute approximate surface area is 184 Å². The summed E-state index contributed by atoms with van der Waals surface area (Å²) in [4.78, 5) is 26.6. The van der Waals surface area contributed by atoms with E-state index in [4.69, 9.17) is 13.9 Å². The van der Waals surface area contributed by atoms with Gasteiger partial charge >= 0.3 is 6.03 Å². The van der Waals surface area contributed by atoms with Gasteiger partial charge in [0, 0.05) is 0 Å². The van der Waals surface area contributed by atoms with Crippen molar-refractivity contribution in [3.8, 4) is 0 Å². The molecule has 0 aromatic rings. The summed E-state index contributed by atoms with van der Waals surface area (Å²) in [5.74, 6) is -0.951. The predicted octanol–water partition coefficient (Wildman–Crippen LogP) is 4.45.